The van der Waals surface area contributed by atoms with Gasteiger partial charge in [-0.25, -0.2) is 0 Å². The molecule has 4 heteroatoms. The molecule has 3 rings (SSSR count). The Kier molecular flexibility index (Phi) is 2.99. The molecule has 0 spiro atoms. The summed E-state index contributed by atoms with van der Waals surface area (Å²) in [5, 5.41) is 6.25. The molecule has 1 amide bonds. The predicted octanol–water partition coefficient (Wildman–Crippen LogP) is 2.67. The summed E-state index contributed by atoms with van der Waals surface area (Å²) in [7, 11) is 0. The molecule has 0 saturated heterocycles. The molecule has 1 unspecified atom stereocenters. The maximum absolute atomic E-state index is 12.3. The molecule has 1 aromatic heterocycles. The average molecular weight is 256 g/mol. The Labute approximate surface area is 111 Å². The van der Waals surface area contributed by atoms with Crippen LogP contribution in [-0.4, -0.2) is 12.5 Å². The van der Waals surface area contributed by atoms with Crippen LogP contribution in [0.2, 0.25) is 0 Å². The van der Waals surface area contributed by atoms with Gasteiger partial charge in [-0.15, -0.1) is 0 Å². The SMILES string of the molecule is C[C@H](NC(=O)C1CNc2ccccc21)c1ccco1. The van der Waals surface area contributed by atoms with Crippen molar-refractivity contribution < 1.29 is 9.21 Å². The molecule has 1 aliphatic heterocycles. The van der Waals surface area contributed by atoms with E-state index in [1.165, 1.54) is 0 Å². The van der Waals surface area contributed by atoms with Gasteiger partial charge in [-0.1, -0.05) is 18.2 Å². The lowest BCUT2D eigenvalue weighted by Crippen LogP contribution is -2.32. The fraction of sp³-hybridized carbons (Fsp3) is 0.267. The van der Waals surface area contributed by atoms with Crippen molar-refractivity contribution >= 4 is 11.6 Å². The van der Waals surface area contributed by atoms with E-state index in [4.69, 9.17) is 4.42 Å². The van der Waals surface area contributed by atoms with Crippen LogP contribution in [0.3, 0.4) is 0 Å². The number of anilines is 1. The summed E-state index contributed by atoms with van der Waals surface area (Å²) >= 11 is 0. The summed E-state index contributed by atoms with van der Waals surface area (Å²) in [5.74, 6) is 0.669. The van der Waals surface area contributed by atoms with Crippen molar-refractivity contribution in [1.82, 2.24) is 5.32 Å². The zero-order valence-electron chi connectivity index (χ0n) is 10.7. The maximum atomic E-state index is 12.3. The number of hydrogen-bond acceptors (Lipinski definition) is 3. The highest BCUT2D eigenvalue weighted by molar-refractivity contribution is 5.88. The van der Waals surface area contributed by atoms with Crippen LogP contribution in [0.4, 0.5) is 5.69 Å². The lowest BCUT2D eigenvalue weighted by Gasteiger charge is -2.15. The molecule has 0 aliphatic carbocycles. The number of fused-ring (bicyclic) bond motifs is 1. The number of hydrogen-bond donors (Lipinski definition) is 2. The van der Waals surface area contributed by atoms with Crippen molar-refractivity contribution in [3.8, 4) is 0 Å². The number of furan rings is 1. The van der Waals surface area contributed by atoms with Gasteiger partial charge in [0.25, 0.3) is 0 Å². The van der Waals surface area contributed by atoms with Crippen LogP contribution in [0.5, 0.6) is 0 Å². The first-order chi connectivity index (χ1) is 9.25. The van der Waals surface area contributed by atoms with Crippen molar-refractivity contribution in [3.05, 3.63) is 54.0 Å². The lowest BCUT2D eigenvalue weighted by molar-refractivity contribution is -0.122. The lowest BCUT2D eigenvalue weighted by atomic mass is 10.00. The zero-order chi connectivity index (χ0) is 13.2. The van der Waals surface area contributed by atoms with Gasteiger partial charge in [0.15, 0.2) is 0 Å². The molecule has 98 valence electrons. The Bertz CT molecular complexity index is 578. The van der Waals surface area contributed by atoms with Crippen LogP contribution >= 0.6 is 0 Å². The van der Waals surface area contributed by atoms with E-state index in [1.807, 2.05) is 43.3 Å². The summed E-state index contributed by atoms with van der Waals surface area (Å²) in [6.07, 6.45) is 1.62. The second-order valence-electron chi connectivity index (χ2n) is 4.77. The standard InChI is InChI=1S/C15H16N2O2/c1-10(14-7-4-8-19-14)17-15(18)12-9-16-13-6-3-2-5-11(12)13/h2-8,10,12,16H,9H2,1H3,(H,17,18)/t10-,12?/m0/s1. The molecule has 2 atom stereocenters. The summed E-state index contributed by atoms with van der Waals surface area (Å²) in [6.45, 7) is 2.57. The molecule has 2 N–H and O–H groups in total. The third kappa shape index (κ3) is 2.21. The molecular formula is C15H16N2O2. The molecule has 2 aromatic rings. The van der Waals surface area contributed by atoms with Gasteiger partial charge in [0.05, 0.1) is 18.2 Å². The number of nitrogens with one attached hydrogen (secondary N) is 2. The normalized spacial score (nSPS) is 18.5. The Hall–Kier alpha value is -2.23. The smallest absolute Gasteiger partial charge is 0.229 e. The Morgan fingerprint density at radius 2 is 2.21 bits per heavy atom. The van der Waals surface area contributed by atoms with Crippen molar-refractivity contribution in [2.75, 3.05) is 11.9 Å². The predicted molar refractivity (Wildman–Crippen MR) is 72.9 cm³/mol. The summed E-state index contributed by atoms with van der Waals surface area (Å²) < 4.78 is 5.30. The first kappa shape index (κ1) is 11.8. The minimum absolute atomic E-state index is 0.0290. The van der Waals surface area contributed by atoms with Crippen LogP contribution in [-0.2, 0) is 4.79 Å². The molecule has 0 bridgehead atoms. The van der Waals surface area contributed by atoms with E-state index in [1.54, 1.807) is 6.26 Å². The number of rotatable bonds is 3. The minimum atomic E-state index is -0.131. The van der Waals surface area contributed by atoms with E-state index in [0.29, 0.717) is 6.54 Å². The summed E-state index contributed by atoms with van der Waals surface area (Å²) in [6, 6.07) is 11.5. The summed E-state index contributed by atoms with van der Waals surface area (Å²) in [4.78, 5) is 12.3. The van der Waals surface area contributed by atoms with Gasteiger partial charge in [0, 0.05) is 12.2 Å². The highest BCUT2D eigenvalue weighted by atomic mass is 16.3. The first-order valence-electron chi connectivity index (χ1n) is 6.42. The van der Waals surface area contributed by atoms with Gasteiger partial charge in [-0.05, 0) is 30.7 Å². The zero-order valence-corrected chi connectivity index (χ0v) is 10.7. The van der Waals surface area contributed by atoms with Crippen molar-refractivity contribution in [1.29, 1.82) is 0 Å². The van der Waals surface area contributed by atoms with Crippen LogP contribution in [0.15, 0.2) is 47.1 Å². The molecule has 0 radical (unpaired) electrons. The van der Waals surface area contributed by atoms with Gasteiger partial charge < -0.3 is 15.1 Å². The number of para-hydroxylation sites is 1. The highest BCUT2D eigenvalue weighted by Gasteiger charge is 2.29. The molecule has 1 aliphatic rings. The maximum Gasteiger partial charge on any atom is 0.229 e. The van der Waals surface area contributed by atoms with Crippen LogP contribution < -0.4 is 10.6 Å². The number of carbonyl (C=O) groups is 1. The van der Waals surface area contributed by atoms with E-state index >= 15 is 0 Å². The van der Waals surface area contributed by atoms with Gasteiger partial charge >= 0.3 is 0 Å². The van der Waals surface area contributed by atoms with Crippen molar-refractivity contribution in [2.45, 2.75) is 18.9 Å². The van der Waals surface area contributed by atoms with Crippen molar-refractivity contribution in [3.63, 3.8) is 0 Å². The minimum Gasteiger partial charge on any atom is -0.467 e. The molecule has 1 aromatic carbocycles. The topological polar surface area (TPSA) is 54.3 Å². The number of carbonyl (C=O) groups excluding carboxylic acids is 1. The van der Waals surface area contributed by atoms with Crippen LogP contribution in [0, 0.1) is 0 Å². The van der Waals surface area contributed by atoms with Gasteiger partial charge in [-0.3, -0.25) is 4.79 Å². The average Bonchev–Trinajstić information content (AvgIpc) is 3.08. The molecule has 2 heterocycles. The summed E-state index contributed by atoms with van der Waals surface area (Å²) in [5.41, 5.74) is 2.11. The Morgan fingerprint density at radius 1 is 1.37 bits per heavy atom. The van der Waals surface area contributed by atoms with Crippen LogP contribution in [0.1, 0.15) is 30.2 Å². The van der Waals surface area contributed by atoms with Crippen LogP contribution in [0.25, 0.3) is 0 Å². The number of benzene rings is 1. The monoisotopic (exact) mass is 256 g/mol. The Morgan fingerprint density at radius 3 is 3.00 bits per heavy atom. The second-order valence-corrected chi connectivity index (χ2v) is 4.77. The third-order valence-corrected chi connectivity index (χ3v) is 3.48. The quantitative estimate of drug-likeness (QED) is 0.887. The second kappa shape index (κ2) is 4.80. The van der Waals surface area contributed by atoms with Gasteiger partial charge in [0.2, 0.25) is 5.91 Å². The Balaban J connectivity index is 1.72. The van der Waals surface area contributed by atoms with Gasteiger partial charge in [0.1, 0.15) is 5.76 Å². The fourth-order valence-corrected chi connectivity index (χ4v) is 2.44. The fourth-order valence-electron chi connectivity index (χ4n) is 2.44. The van der Waals surface area contributed by atoms with Gasteiger partial charge in [-0.2, -0.15) is 0 Å². The van der Waals surface area contributed by atoms with E-state index in [-0.39, 0.29) is 17.9 Å². The molecular weight excluding hydrogens is 240 g/mol. The highest BCUT2D eigenvalue weighted by Crippen LogP contribution is 2.31. The molecule has 0 fully saturated rings. The van der Waals surface area contributed by atoms with E-state index in [2.05, 4.69) is 10.6 Å². The molecule has 0 saturated carbocycles. The third-order valence-electron chi connectivity index (χ3n) is 3.48. The van der Waals surface area contributed by atoms with E-state index in [0.717, 1.165) is 17.0 Å². The molecule has 19 heavy (non-hydrogen) atoms. The number of amides is 1. The molecule has 4 nitrogen and oxygen atoms in total. The van der Waals surface area contributed by atoms with E-state index < -0.39 is 0 Å². The van der Waals surface area contributed by atoms with E-state index in [9.17, 15) is 4.79 Å². The van der Waals surface area contributed by atoms with Crippen molar-refractivity contribution in [2.24, 2.45) is 0 Å². The first-order valence-corrected chi connectivity index (χ1v) is 6.42. The largest absolute Gasteiger partial charge is 0.467 e.